The number of nitrogens with zero attached hydrogens (tertiary/aromatic N) is 2. The van der Waals surface area contributed by atoms with E-state index in [1.165, 1.54) is 12.8 Å². The molecule has 0 aliphatic heterocycles. The quantitative estimate of drug-likeness (QED) is 0.856. The summed E-state index contributed by atoms with van der Waals surface area (Å²) in [5.74, 6) is 0.850. The topological polar surface area (TPSA) is 28.2 Å². The van der Waals surface area contributed by atoms with Crippen LogP contribution in [-0.4, -0.2) is 36.6 Å². The minimum atomic E-state index is 0.601. The van der Waals surface area contributed by atoms with Crippen LogP contribution in [0.5, 0.6) is 0 Å². The third kappa shape index (κ3) is 2.86. The maximum atomic E-state index is 6.04. The third-order valence-corrected chi connectivity index (χ3v) is 3.40. The molecule has 0 amide bonds. The molecule has 88 valence electrons. The van der Waals surface area contributed by atoms with Gasteiger partial charge in [0, 0.05) is 25.0 Å². The van der Waals surface area contributed by atoms with Gasteiger partial charge in [0.05, 0.1) is 10.7 Å². The first-order valence-electron chi connectivity index (χ1n) is 5.68. The van der Waals surface area contributed by atoms with Crippen molar-refractivity contribution in [2.75, 3.05) is 26.0 Å². The van der Waals surface area contributed by atoms with Crippen molar-refractivity contribution >= 4 is 17.3 Å². The van der Waals surface area contributed by atoms with Gasteiger partial charge >= 0.3 is 0 Å². The molecule has 0 spiro atoms. The third-order valence-electron chi connectivity index (χ3n) is 3.10. The number of nitrogens with one attached hydrogen (secondary N) is 1. The molecule has 3 nitrogen and oxygen atoms in total. The molecule has 1 aliphatic rings. The maximum Gasteiger partial charge on any atom is 0.0820 e. The normalized spacial score (nSPS) is 17.5. The van der Waals surface area contributed by atoms with Gasteiger partial charge in [0.1, 0.15) is 0 Å². The maximum absolute atomic E-state index is 6.04. The second kappa shape index (κ2) is 5.02. The van der Waals surface area contributed by atoms with Crippen molar-refractivity contribution in [3.63, 3.8) is 0 Å². The molecular formula is C12H18ClN3. The fourth-order valence-corrected chi connectivity index (χ4v) is 2.17. The molecule has 1 fully saturated rings. The van der Waals surface area contributed by atoms with E-state index in [4.69, 9.17) is 11.6 Å². The lowest BCUT2D eigenvalue weighted by Gasteiger charge is -2.25. The summed E-state index contributed by atoms with van der Waals surface area (Å²) in [7, 11) is 4.28. The molecule has 1 aromatic heterocycles. The van der Waals surface area contributed by atoms with Crippen molar-refractivity contribution in [2.24, 2.45) is 5.92 Å². The average molecular weight is 240 g/mol. The number of likely N-dealkylation sites (N-methyl/N-ethyl adjacent to an activating group) is 1. The van der Waals surface area contributed by atoms with Crippen molar-refractivity contribution in [1.82, 2.24) is 9.88 Å². The molecular weight excluding hydrogens is 222 g/mol. The SMILES string of the molecule is CN(C)[C@H](CNc1ccncc1Cl)C1CC1. The Morgan fingerprint density at radius 2 is 2.31 bits per heavy atom. The molecule has 0 radical (unpaired) electrons. The Morgan fingerprint density at radius 1 is 1.56 bits per heavy atom. The summed E-state index contributed by atoms with van der Waals surface area (Å²) in [5, 5.41) is 4.09. The second-order valence-electron chi connectivity index (χ2n) is 4.60. The summed E-state index contributed by atoms with van der Waals surface area (Å²) in [6.07, 6.45) is 6.14. The fourth-order valence-electron chi connectivity index (χ4n) is 1.98. The molecule has 1 heterocycles. The zero-order valence-electron chi connectivity index (χ0n) is 9.78. The molecule has 0 aromatic carbocycles. The molecule has 1 saturated carbocycles. The van der Waals surface area contributed by atoms with E-state index >= 15 is 0 Å². The van der Waals surface area contributed by atoms with Crippen LogP contribution in [-0.2, 0) is 0 Å². The van der Waals surface area contributed by atoms with Gasteiger partial charge in [-0.25, -0.2) is 0 Å². The van der Waals surface area contributed by atoms with E-state index in [0.717, 1.165) is 18.2 Å². The summed E-state index contributed by atoms with van der Waals surface area (Å²) < 4.78 is 0. The van der Waals surface area contributed by atoms with Crippen LogP contribution in [0.2, 0.25) is 5.02 Å². The largest absolute Gasteiger partial charge is 0.382 e. The van der Waals surface area contributed by atoms with Gasteiger partial charge in [-0.3, -0.25) is 4.98 Å². The minimum absolute atomic E-state index is 0.601. The van der Waals surface area contributed by atoms with Gasteiger partial charge in [-0.15, -0.1) is 0 Å². The minimum Gasteiger partial charge on any atom is -0.382 e. The van der Waals surface area contributed by atoms with Crippen LogP contribution in [0.1, 0.15) is 12.8 Å². The van der Waals surface area contributed by atoms with Crippen molar-refractivity contribution in [2.45, 2.75) is 18.9 Å². The zero-order valence-corrected chi connectivity index (χ0v) is 10.5. The molecule has 2 rings (SSSR count). The highest BCUT2D eigenvalue weighted by Gasteiger charge is 2.32. The van der Waals surface area contributed by atoms with Gasteiger partial charge in [-0.2, -0.15) is 0 Å². The Balaban J connectivity index is 1.93. The zero-order chi connectivity index (χ0) is 11.5. The Bertz CT molecular complexity index is 348. The Hall–Kier alpha value is -0.800. The Morgan fingerprint density at radius 3 is 2.88 bits per heavy atom. The monoisotopic (exact) mass is 239 g/mol. The molecule has 1 aromatic rings. The van der Waals surface area contributed by atoms with Crippen molar-refractivity contribution < 1.29 is 0 Å². The van der Waals surface area contributed by atoms with E-state index in [9.17, 15) is 0 Å². The molecule has 1 aliphatic carbocycles. The number of anilines is 1. The lowest BCUT2D eigenvalue weighted by atomic mass is 10.1. The summed E-state index contributed by atoms with van der Waals surface area (Å²) in [5.41, 5.74) is 0.976. The predicted molar refractivity (Wildman–Crippen MR) is 67.9 cm³/mol. The van der Waals surface area contributed by atoms with E-state index in [1.807, 2.05) is 6.07 Å². The van der Waals surface area contributed by atoms with Gasteiger partial charge in [-0.1, -0.05) is 11.6 Å². The second-order valence-corrected chi connectivity index (χ2v) is 5.01. The van der Waals surface area contributed by atoms with Crippen LogP contribution < -0.4 is 5.32 Å². The van der Waals surface area contributed by atoms with E-state index in [1.54, 1.807) is 12.4 Å². The van der Waals surface area contributed by atoms with Crippen LogP contribution in [0.15, 0.2) is 18.5 Å². The predicted octanol–water partition coefficient (Wildman–Crippen LogP) is 2.49. The summed E-state index contributed by atoms with van der Waals surface area (Å²) in [6, 6.07) is 2.52. The van der Waals surface area contributed by atoms with E-state index in [2.05, 4.69) is 29.3 Å². The van der Waals surface area contributed by atoms with Gasteiger partial charge in [0.15, 0.2) is 0 Å². The molecule has 0 saturated heterocycles. The first-order valence-corrected chi connectivity index (χ1v) is 6.06. The Labute approximate surface area is 102 Å². The Kier molecular flexibility index (Phi) is 3.66. The number of hydrogen-bond acceptors (Lipinski definition) is 3. The van der Waals surface area contributed by atoms with Crippen molar-refractivity contribution in [3.8, 4) is 0 Å². The summed E-state index contributed by atoms with van der Waals surface area (Å²) in [6.45, 7) is 0.946. The number of pyridine rings is 1. The van der Waals surface area contributed by atoms with E-state index < -0.39 is 0 Å². The lowest BCUT2D eigenvalue weighted by Crippen LogP contribution is -2.36. The van der Waals surface area contributed by atoms with Crippen molar-refractivity contribution in [3.05, 3.63) is 23.5 Å². The van der Waals surface area contributed by atoms with Crippen LogP contribution >= 0.6 is 11.6 Å². The highest BCUT2D eigenvalue weighted by atomic mass is 35.5. The van der Waals surface area contributed by atoms with Crippen molar-refractivity contribution in [1.29, 1.82) is 0 Å². The molecule has 0 bridgehead atoms. The molecule has 0 unspecified atom stereocenters. The lowest BCUT2D eigenvalue weighted by molar-refractivity contribution is 0.276. The number of halogens is 1. The van der Waals surface area contributed by atoms with Crippen LogP contribution in [0, 0.1) is 5.92 Å². The van der Waals surface area contributed by atoms with Crippen LogP contribution in [0.4, 0.5) is 5.69 Å². The number of rotatable bonds is 5. The summed E-state index contributed by atoms with van der Waals surface area (Å²) >= 11 is 6.04. The molecule has 16 heavy (non-hydrogen) atoms. The van der Waals surface area contributed by atoms with Gasteiger partial charge in [0.25, 0.3) is 0 Å². The van der Waals surface area contributed by atoms with E-state index in [-0.39, 0.29) is 0 Å². The number of hydrogen-bond donors (Lipinski definition) is 1. The molecule has 4 heteroatoms. The summed E-state index contributed by atoms with van der Waals surface area (Å²) in [4.78, 5) is 6.26. The standard InChI is InChI=1S/C12H18ClN3/c1-16(2)12(9-3-4-9)8-15-11-5-6-14-7-10(11)13/h5-7,9,12H,3-4,8H2,1-2H3,(H,14,15)/t12-/m1/s1. The van der Waals surface area contributed by atoms with E-state index in [0.29, 0.717) is 11.1 Å². The van der Waals surface area contributed by atoms with Crippen LogP contribution in [0.3, 0.4) is 0 Å². The highest BCUT2D eigenvalue weighted by Crippen LogP contribution is 2.34. The average Bonchev–Trinajstić information content (AvgIpc) is 3.04. The van der Waals surface area contributed by atoms with Gasteiger partial charge in [0.2, 0.25) is 0 Å². The first-order chi connectivity index (χ1) is 7.68. The number of aromatic nitrogens is 1. The highest BCUT2D eigenvalue weighted by molar-refractivity contribution is 6.33. The van der Waals surface area contributed by atoms with Gasteiger partial charge < -0.3 is 10.2 Å². The molecule has 1 N–H and O–H groups in total. The van der Waals surface area contributed by atoms with Crippen LogP contribution in [0.25, 0.3) is 0 Å². The molecule has 1 atom stereocenters. The smallest absolute Gasteiger partial charge is 0.0820 e. The first kappa shape index (κ1) is 11.7. The fraction of sp³-hybridized carbons (Fsp3) is 0.583. The van der Waals surface area contributed by atoms with Gasteiger partial charge in [-0.05, 0) is 38.9 Å².